The van der Waals surface area contributed by atoms with Gasteiger partial charge in [-0.05, 0) is 25.1 Å². The molecule has 0 aliphatic rings. The maximum Gasteiger partial charge on any atom is 0.126 e. The molecule has 0 aliphatic heterocycles. The SMILES string of the molecule is CCc1ccc(/C=C/C(C)Cl)o1. The molecule has 1 aromatic heterocycles. The van der Waals surface area contributed by atoms with E-state index in [1.165, 1.54) is 0 Å². The lowest BCUT2D eigenvalue weighted by Crippen LogP contribution is -1.79. The fourth-order valence-corrected chi connectivity index (χ4v) is 0.974. The Balaban J connectivity index is 2.63. The zero-order chi connectivity index (χ0) is 8.97. The topological polar surface area (TPSA) is 13.1 Å². The fourth-order valence-electron chi connectivity index (χ4n) is 0.902. The molecule has 0 fully saturated rings. The number of halogens is 1. The van der Waals surface area contributed by atoms with Gasteiger partial charge in [0.25, 0.3) is 0 Å². The van der Waals surface area contributed by atoms with Gasteiger partial charge in [0.05, 0.1) is 0 Å². The predicted octanol–water partition coefficient (Wildman–Crippen LogP) is 3.48. The van der Waals surface area contributed by atoms with Gasteiger partial charge in [0.2, 0.25) is 0 Å². The Labute approximate surface area is 78.0 Å². The molecule has 1 unspecified atom stereocenters. The molecule has 0 N–H and O–H groups in total. The van der Waals surface area contributed by atoms with Crippen molar-refractivity contribution in [3.05, 3.63) is 29.7 Å². The molecule has 1 aromatic rings. The van der Waals surface area contributed by atoms with E-state index in [1.54, 1.807) is 0 Å². The fraction of sp³-hybridized carbons (Fsp3) is 0.400. The van der Waals surface area contributed by atoms with Gasteiger partial charge in [-0.25, -0.2) is 0 Å². The van der Waals surface area contributed by atoms with Gasteiger partial charge in [-0.3, -0.25) is 0 Å². The van der Waals surface area contributed by atoms with Crippen molar-refractivity contribution < 1.29 is 4.42 Å². The number of allylic oxidation sites excluding steroid dienone is 1. The van der Waals surface area contributed by atoms with Crippen molar-refractivity contribution in [3.8, 4) is 0 Å². The minimum Gasteiger partial charge on any atom is -0.462 e. The summed E-state index contributed by atoms with van der Waals surface area (Å²) in [4.78, 5) is 0. The summed E-state index contributed by atoms with van der Waals surface area (Å²) >= 11 is 5.74. The molecule has 1 rings (SSSR count). The molecule has 0 radical (unpaired) electrons. The number of furan rings is 1. The Morgan fingerprint density at radius 2 is 2.33 bits per heavy atom. The largest absolute Gasteiger partial charge is 0.462 e. The molecule has 0 bridgehead atoms. The minimum atomic E-state index is 0.0557. The second kappa shape index (κ2) is 4.36. The molecule has 1 heterocycles. The molecule has 0 saturated carbocycles. The quantitative estimate of drug-likeness (QED) is 0.656. The highest BCUT2D eigenvalue weighted by atomic mass is 35.5. The Kier molecular flexibility index (Phi) is 3.42. The van der Waals surface area contributed by atoms with Crippen molar-refractivity contribution in [2.45, 2.75) is 25.6 Å². The van der Waals surface area contributed by atoms with Gasteiger partial charge in [0, 0.05) is 11.8 Å². The molecule has 0 saturated heterocycles. The summed E-state index contributed by atoms with van der Waals surface area (Å²) in [7, 11) is 0. The van der Waals surface area contributed by atoms with E-state index in [0.29, 0.717) is 0 Å². The van der Waals surface area contributed by atoms with Crippen molar-refractivity contribution in [1.82, 2.24) is 0 Å². The van der Waals surface area contributed by atoms with E-state index < -0.39 is 0 Å². The monoisotopic (exact) mass is 184 g/mol. The Bertz CT molecular complexity index is 261. The summed E-state index contributed by atoms with van der Waals surface area (Å²) in [6, 6.07) is 3.94. The van der Waals surface area contributed by atoms with Crippen LogP contribution in [0.3, 0.4) is 0 Å². The summed E-state index contributed by atoms with van der Waals surface area (Å²) in [5.41, 5.74) is 0. The van der Waals surface area contributed by atoms with E-state index in [1.807, 2.05) is 31.2 Å². The number of hydrogen-bond donors (Lipinski definition) is 0. The summed E-state index contributed by atoms with van der Waals surface area (Å²) in [5.74, 6) is 1.89. The zero-order valence-corrected chi connectivity index (χ0v) is 8.14. The molecule has 1 atom stereocenters. The molecule has 0 amide bonds. The van der Waals surface area contributed by atoms with Crippen LogP contribution in [0.4, 0.5) is 0 Å². The number of aryl methyl sites for hydroxylation is 1. The Hall–Kier alpha value is -0.690. The number of alkyl halides is 1. The molecule has 12 heavy (non-hydrogen) atoms. The van der Waals surface area contributed by atoms with Crippen LogP contribution in [-0.2, 0) is 6.42 Å². The van der Waals surface area contributed by atoms with Gasteiger partial charge in [0.1, 0.15) is 11.5 Å². The Morgan fingerprint density at radius 1 is 1.58 bits per heavy atom. The first-order valence-corrected chi connectivity index (χ1v) is 4.57. The summed E-state index contributed by atoms with van der Waals surface area (Å²) in [6.45, 7) is 3.98. The van der Waals surface area contributed by atoms with Crippen molar-refractivity contribution in [2.24, 2.45) is 0 Å². The van der Waals surface area contributed by atoms with Crippen LogP contribution in [0.1, 0.15) is 25.4 Å². The predicted molar refractivity (Wildman–Crippen MR) is 52.4 cm³/mol. The third-order valence-corrected chi connectivity index (χ3v) is 1.70. The van der Waals surface area contributed by atoms with Crippen molar-refractivity contribution in [2.75, 3.05) is 0 Å². The average Bonchev–Trinajstić information content (AvgIpc) is 2.48. The van der Waals surface area contributed by atoms with Crippen LogP contribution >= 0.6 is 11.6 Å². The molecular formula is C10H13ClO. The second-order valence-corrected chi connectivity index (χ2v) is 3.38. The van der Waals surface area contributed by atoms with Crippen LogP contribution in [0.5, 0.6) is 0 Å². The van der Waals surface area contributed by atoms with Crippen LogP contribution in [-0.4, -0.2) is 5.38 Å². The van der Waals surface area contributed by atoms with Crippen LogP contribution in [0.2, 0.25) is 0 Å². The minimum absolute atomic E-state index is 0.0557. The zero-order valence-electron chi connectivity index (χ0n) is 7.38. The van der Waals surface area contributed by atoms with Gasteiger partial charge in [-0.2, -0.15) is 0 Å². The smallest absolute Gasteiger partial charge is 0.126 e. The molecule has 0 spiro atoms. The maximum absolute atomic E-state index is 5.74. The molecule has 1 nitrogen and oxygen atoms in total. The van der Waals surface area contributed by atoms with Gasteiger partial charge in [-0.1, -0.05) is 13.0 Å². The van der Waals surface area contributed by atoms with Crippen LogP contribution < -0.4 is 0 Å². The lowest BCUT2D eigenvalue weighted by atomic mass is 10.3. The van der Waals surface area contributed by atoms with Gasteiger partial charge >= 0.3 is 0 Å². The van der Waals surface area contributed by atoms with E-state index >= 15 is 0 Å². The van der Waals surface area contributed by atoms with E-state index in [4.69, 9.17) is 16.0 Å². The van der Waals surface area contributed by atoms with Crippen LogP contribution in [0, 0.1) is 0 Å². The van der Waals surface area contributed by atoms with E-state index in [0.717, 1.165) is 17.9 Å². The molecule has 2 heteroatoms. The molecular weight excluding hydrogens is 172 g/mol. The molecule has 0 aliphatic carbocycles. The lowest BCUT2D eigenvalue weighted by molar-refractivity contribution is 0.507. The van der Waals surface area contributed by atoms with Gasteiger partial charge in [-0.15, -0.1) is 11.6 Å². The number of rotatable bonds is 3. The van der Waals surface area contributed by atoms with E-state index in [2.05, 4.69) is 6.92 Å². The van der Waals surface area contributed by atoms with Crippen molar-refractivity contribution in [3.63, 3.8) is 0 Å². The average molecular weight is 185 g/mol. The third-order valence-electron chi connectivity index (χ3n) is 1.56. The summed E-state index contributed by atoms with van der Waals surface area (Å²) < 4.78 is 5.44. The van der Waals surface area contributed by atoms with Crippen LogP contribution in [0.25, 0.3) is 6.08 Å². The molecule has 66 valence electrons. The van der Waals surface area contributed by atoms with E-state index in [9.17, 15) is 0 Å². The first-order valence-electron chi connectivity index (χ1n) is 4.13. The highest BCUT2D eigenvalue weighted by Crippen LogP contribution is 2.11. The molecule has 0 aromatic carbocycles. The Morgan fingerprint density at radius 3 is 2.83 bits per heavy atom. The number of hydrogen-bond acceptors (Lipinski definition) is 1. The second-order valence-electron chi connectivity index (χ2n) is 2.69. The van der Waals surface area contributed by atoms with Gasteiger partial charge < -0.3 is 4.42 Å². The first-order chi connectivity index (χ1) is 5.72. The normalized spacial score (nSPS) is 13.9. The standard InChI is InChI=1S/C10H13ClO/c1-3-9-6-7-10(12-9)5-4-8(2)11/h4-8H,3H2,1-2H3/b5-4+. The summed E-state index contributed by atoms with van der Waals surface area (Å²) in [6.07, 6.45) is 4.74. The highest BCUT2D eigenvalue weighted by Gasteiger charge is 1.95. The van der Waals surface area contributed by atoms with Gasteiger partial charge in [0.15, 0.2) is 0 Å². The van der Waals surface area contributed by atoms with Crippen LogP contribution in [0.15, 0.2) is 22.6 Å². The van der Waals surface area contributed by atoms with Crippen molar-refractivity contribution >= 4 is 17.7 Å². The lowest BCUT2D eigenvalue weighted by Gasteiger charge is -1.89. The van der Waals surface area contributed by atoms with E-state index in [-0.39, 0.29) is 5.38 Å². The maximum atomic E-state index is 5.74. The first kappa shape index (κ1) is 9.40. The third kappa shape index (κ3) is 2.74. The van der Waals surface area contributed by atoms with Crippen molar-refractivity contribution in [1.29, 1.82) is 0 Å². The highest BCUT2D eigenvalue weighted by molar-refractivity contribution is 6.21. The summed E-state index contributed by atoms with van der Waals surface area (Å²) in [5, 5.41) is 0.0557.